The van der Waals surface area contributed by atoms with E-state index in [9.17, 15) is 0 Å². The minimum Gasteiger partial charge on any atom is -0.275 e. The Morgan fingerprint density at radius 2 is 1.92 bits per heavy atom. The van der Waals surface area contributed by atoms with E-state index in [4.69, 9.17) is 0 Å². The number of nitrogens with zero attached hydrogens (tertiary/aromatic N) is 2. The van der Waals surface area contributed by atoms with Gasteiger partial charge in [0.2, 0.25) is 0 Å². The van der Waals surface area contributed by atoms with Crippen molar-refractivity contribution in [3.05, 3.63) is 30.6 Å². The van der Waals surface area contributed by atoms with E-state index in [2.05, 4.69) is 18.3 Å². The molecule has 0 amide bonds. The van der Waals surface area contributed by atoms with Gasteiger partial charge in [0, 0.05) is 18.8 Å². The van der Waals surface area contributed by atoms with Crippen LogP contribution in [0.4, 0.5) is 0 Å². The summed E-state index contributed by atoms with van der Waals surface area (Å²) in [6.07, 6.45) is 5.39. The molecule has 0 aromatic carbocycles. The molecule has 1 rings (SSSR count). The maximum Gasteiger partial charge on any atom is 0.0917 e. The molecular weight excluding hydrogens is 148 g/mol. The second kappa shape index (κ2) is 5.35. The lowest BCUT2D eigenvalue weighted by molar-refractivity contribution is 0.764. The average Bonchev–Trinajstić information content (AvgIpc) is 2.49. The van der Waals surface area contributed by atoms with Crippen molar-refractivity contribution in [2.24, 2.45) is 7.05 Å². The molecule has 0 spiro atoms. The zero-order valence-electron chi connectivity index (χ0n) is 8.04. The van der Waals surface area contributed by atoms with Gasteiger partial charge in [0.25, 0.3) is 0 Å². The lowest BCUT2D eigenvalue weighted by atomic mass is 10.2. The molecule has 0 bridgehead atoms. The smallest absolute Gasteiger partial charge is 0.0917 e. The van der Waals surface area contributed by atoms with E-state index in [1.54, 1.807) is 16.8 Å². The Kier molecular flexibility index (Phi) is 4.77. The summed E-state index contributed by atoms with van der Waals surface area (Å²) in [6.45, 7) is 11.3. The second-order valence-electron chi connectivity index (χ2n) is 2.05. The molecule has 66 valence electrons. The molecule has 2 nitrogen and oxygen atoms in total. The van der Waals surface area contributed by atoms with Crippen LogP contribution in [0.25, 0.3) is 12.2 Å². The first kappa shape index (κ1) is 10.7. The van der Waals surface area contributed by atoms with Gasteiger partial charge in [-0.3, -0.25) is 4.68 Å². The van der Waals surface area contributed by atoms with E-state index in [0.717, 1.165) is 11.3 Å². The van der Waals surface area contributed by atoms with Crippen LogP contribution in [0, 0.1) is 0 Å². The number of aromatic nitrogens is 2. The first-order valence-electron chi connectivity index (χ1n) is 4.06. The van der Waals surface area contributed by atoms with E-state index >= 15 is 0 Å². The first-order chi connectivity index (χ1) is 5.77. The highest BCUT2D eigenvalue weighted by molar-refractivity contribution is 5.59. The number of aryl methyl sites for hydroxylation is 1. The summed E-state index contributed by atoms with van der Waals surface area (Å²) >= 11 is 0. The summed E-state index contributed by atoms with van der Waals surface area (Å²) in [4.78, 5) is 0. The van der Waals surface area contributed by atoms with Crippen molar-refractivity contribution in [2.45, 2.75) is 13.8 Å². The lowest BCUT2D eigenvalue weighted by Gasteiger charge is -1.82. The van der Waals surface area contributed by atoms with Gasteiger partial charge in [-0.1, -0.05) is 33.1 Å². The van der Waals surface area contributed by atoms with E-state index in [1.807, 2.05) is 27.1 Å². The van der Waals surface area contributed by atoms with Crippen LogP contribution in [0.5, 0.6) is 0 Å². The summed E-state index contributed by atoms with van der Waals surface area (Å²) in [5.74, 6) is 0. The largest absolute Gasteiger partial charge is 0.275 e. The van der Waals surface area contributed by atoms with E-state index < -0.39 is 0 Å². The van der Waals surface area contributed by atoms with Crippen LogP contribution >= 0.6 is 0 Å². The zero-order valence-corrected chi connectivity index (χ0v) is 8.04. The molecule has 0 fully saturated rings. The molecule has 0 saturated carbocycles. The van der Waals surface area contributed by atoms with Crippen LogP contribution in [-0.4, -0.2) is 9.78 Å². The molecule has 0 aliphatic heterocycles. The quantitative estimate of drug-likeness (QED) is 0.657. The van der Waals surface area contributed by atoms with Gasteiger partial charge in [-0.2, -0.15) is 5.10 Å². The fourth-order valence-corrected chi connectivity index (χ4v) is 0.840. The van der Waals surface area contributed by atoms with Gasteiger partial charge >= 0.3 is 0 Å². The van der Waals surface area contributed by atoms with Crippen LogP contribution in [0.2, 0.25) is 0 Å². The van der Waals surface area contributed by atoms with Crippen LogP contribution in [-0.2, 0) is 7.05 Å². The maximum absolute atomic E-state index is 4.13. The summed E-state index contributed by atoms with van der Waals surface area (Å²) in [5.41, 5.74) is 1.91. The highest BCUT2D eigenvalue weighted by Crippen LogP contribution is 2.07. The predicted octanol–water partition coefficient (Wildman–Crippen LogP) is 2.73. The van der Waals surface area contributed by atoms with Gasteiger partial charge < -0.3 is 0 Å². The predicted molar refractivity (Wildman–Crippen MR) is 54.7 cm³/mol. The number of hydrogen-bond donors (Lipinski definition) is 0. The molecule has 0 N–H and O–H groups in total. The van der Waals surface area contributed by atoms with Crippen LogP contribution in [0.1, 0.15) is 25.1 Å². The second-order valence-corrected chi connectivity index (χ2v) is 2.05. The molecule has 1 heterocycles. The number of hydrogen-bond acceptors (Lipinski definition) is 1. The van der Waals surface area contributed by atoms with Crippen LogP contribution < -0.4 is 0 Å². The van der Waals surface area contributed by atoms with Crippen molar-refractivity contribution in [1.82, 2.24) is 9.78 Å². The van der Waals surface area contributed by atoms with E-state index in [-0.39, 0.29) is 0 Å². The third-order valence-corrected chi connectivity index (χ3v) is 1.30. The Hall–Kier alpha value is -1.31. The summed E-state index contributed by atoms with van der Waals surface area (Å²) in [5, 5.41) is 4.13. The Balaban J connectivity index is 0.000000561. The van der Waals surface area contributed by atoms with Gasteiger partial charge in [0.15, 0.2) is 0 Å². The van der Waals surface area contributed by atoms with Crippen molar-refractivity contribution in [1.29, 1.82) is 0 Å². The van der Waals surface area contributed by atoms with Gasteiger partial charge in [-0.05, 0) is 6.08 Å². The minimum atomic E-state index is 0.887. The van der Waals surface area contributed by atoms with E-state index in [1.165, 1.54) is 0 Å². The first-order valence-corrected chi connectivity index (χ1v) is 4.06. The fraction of sp³-hybridized carbons (Fsp3) is 0.300. The van der Waals surface area contributed by atoms with Crippen molar-refractivity contribution in [3.63, 3.8) is 0 Å². The normalized spacial score (nSPS) is 8.25. The number of rotatable bonds is 2. The van der Waals surface area contributed by atoms with Gasteiger partial charge in [0.05, 0.1) is 5.69 Å². The fourth-order valence-electron chi connectivity index (χ4n) is 0.840. The topological polar surface area (TPSA) is 17.8 Å². The molecule has 0 aliphatic carbocycles. The van der Waals surface area contributed by atoms with Gasteiger partial charge in [-0.15, -0.1) is 0 Å². The molecule has 12 heavy (non-hydrogen) atoms. The summed E-state index contributed by atoms with van der Waals surface area (Å²) in [6, 6.07) is 0. The molecule has 0 atom stereocenters. The molecule has 1 aromatic rings. The highest BCUT2D eigenvalue weighted by Gasteiger charge is 1.97. The van der Waals surface area contributed by atoms with Crippen molar-refractivity contribution < 1.29 is 0 Å². The SMILES string of the molecule is C=Cc1cn(C)nc1C=C.CC. The highest BCUT2D eigenvalue weighted by atomic mass is 15.2. The molecule has 0 saturated heterocycles. The summed E-state index contributed by atoms with van der Waals surface area (Å²) < 4.78 is 1.74. The lowest BCUT2D eigenvalue weighted by Crippen LogP contribution is -1.86. The Morgan fingerprint density at radius 3 is 2.25 bits per heavy atom. The third kappa shape index (κ3) is 2.38. The van der Waals surface area contributed by atoms with Crippen molar-refractivity contribution >= 4 is 12.2 Å². The molecular formula is C10H16N2. The average molecular weight is 164 g/mol. The van der Waals surface area contributed by atoms with Crippen molar-refractivity contribution in [3.8, 4) is 0 Å². The Morgan fingerprint density at radius 1 is 1.33 bits per heavy atom. The molecule has 0 radical (unpaired) electrons. The van der Waals surface area contributed by atoms with Crippen LogP contribution in [0.3, 0.4) is 0 Å². The maximum atomic E-state index is 4.13. The monoisotopic (exact) mass is 164 g/mol. The van der Waals surface area contributed by atoms with Gasteiger partial charge in [-0.25, -0.2) is 0 Å². The Labute approximate surface area is 74.2 Å². The van der Waals surface area contributed by atoms with Crippen LogP contribution in [0.15, 0.2) is 19.4 Å². The van der Waals surface area contributed by atoms with Gasteiger partial charge in [0.1, 0.15) is 0 Å². The van der Waals surface area contributed by atoms with Crippen molar-refractivity contribution in [2.75, 3.05) is 0 Å². The standard InChI is InChI=1S/C8H10N2.C2H6/c1-4-7-6-10(3)9-8(7)5-2;1-2/h4-6H,1-2H2,3H3;1-2H3. The Bertz CT molecular complexity index is 233. The molecule has 0 unspecified atom stereocenters. The molecule has 2 heteroatoms. The summed E-state index contributed by atoms with van der Waals surface area (Å²) in [7, 11) is 1.88. The minimum absolute atomic E-state index is 0.887. The van der Waals surface area contributed by atoms with E-state index in [0.29, 0.717) is 0 Å². The molecule has 1 aromatic heterocycles. The third-order valence-electron chi connectivity index (χ3n) is 1.30. The zero-order chi connectivity index (χ0) is 9.56. The molecule has 0 aliphatic rings.